The molecule has 2 aromatic heterocycles. The van der Waals surface area contributed by atoms with E-state index in [1.165, 1.54) is 4.52 Å². The van der Waals surface area contributed by atoms with Crippen molar-refractivity contribution in [1.29, 1.82) is 0 Å². The van der Waals surface area contributed by atoms with Crippen LogP contribution < -0.4 is 16.7 Å². The Hall–Kier alpha value is -1.93. The van der Waals surface area contributed by atoms with Gasteiger partial charge in [-0.25, -0.2) is 9.89 Å². The van der Waals surface area contributed by atoms with Crippen molar-refractivity contribution >= 4 is 11.5 Å². The molecule has 2 heterocycles. The zero-order valence-electron chi connectivity index (χ0n) is 11.8. The van der Waals surface area contributed by atoms with Gasteiger partial charge in [0, 0.05) is 12.6 Å². The summed E-state index contributed by atoms with van der Waals surface area (Å²) in [7, 11) is 0. The van der Waals surface area contributed by atoms with Crippen LogP contribution >= 0.6 is 0 Å². The molecule has 4 N–H and O–H groups in total. The van der Waals surface area contributed by atoms with Crippen LogP contribution in [0.25, 0.3) is 5.65 Å². The Morgan fingerprint density at radius 1 is 1.38 bits per heavy atom. The van der Waals surface area contributed by atoms with Crippen molar-refractivity contribution in [2.45, 2.75) is 37.8 Å². The van der Waals surface area contributed by atoms with Gasteiger partial charge in [0.25, 0.3) is 0 Å². The third-order valence-electron chi connectivity index (χ3n) is 3.75. The number of nitrogens with one attached hydrogen (secondary N) is 2. The third-order valence-corrected chi connectivity index (χ3v) is 3.75. The number of ether oxygens (including phenoxy) is 1. The predicted octanol–water partition coefficient (Wildman–Crippen LogP) is 0.116. The Kier molecular flexibility index (Phi) is 4.16. The van der Waals surface area contributed by atoms with Gasteiger partial charge in [0.05, 0.1) is 12.7 Å². The fourth-order valence-electron chi connectivity index (χ4n) is 2.56. The van der Waals surface area contributed by atoms with Crippen molar-refractivity contribution in [3.63, 3.8) is 0 Å². The first kappa shape index (κ1) is 14.0. The van der Waals surface area contributed by atoms with Crippen LogP contribution in [0.4, 0.5) is 5.82 Å². The Balaban J connectivity index is 1.46. The molecule has 1 aliphatic rings. The van der Waals surface area contributed by atoms with E-state index in [0.29, 0.717) is 36.8 Å². The summed E-state index contributed by atoms with van der Waals surface area (Å²) >= 11 is 0. The number of fused-ring (bicyclic) bond motifs is 1. The molecule has 0 aliphatic heterocycles. The van der Waals surface area contributed by atoms with Crippen molar-refractivity contribution in [2.75, 3.05) is 18.5 Å². The SMILES string of the molecule is NC1CCC(OCCNc2ccc3n[nH]c(=O)n3n2)CC1. The topological polar surface area (TPSA) is 110 Å². The number of rotatable bonds is 5. The Morgan fingerprint density at radius 3 is 3.00 bits per heavy atom. The molecule has 8 heteroatoms. The van der Waals surface area contributed by atoms with Gasteiger partial charge >= 0.3 is 5.69 Å². The predicted molar refractivity (Wildman–Crippen MR) is 78.3 cm³/mol. The van der Waals surface area contributed by atoms with E-state index in [2.05, 4.69) is 20.6 Å². The minimum Gasteiger partial charge on any atom is -0.376 e. The fraction of sp³-hybridized carbons (Fsp3) is 0.615. The summed E-state index contributed by atoms with van der Waals surface area (Å²) in [5, 5.41) is 13.5. The highest BCUT2D eigenvalue weighted by Crippen LogP contribution is 2.19. The third kappa shape index (κ3) is 3.40. The van der Waals surface area contributed by atoms with Crippen LogP contribution in [-0.4, -0.2) is 45.1 Å². The van der Waals surface area contributed by atoms with Gasteiger partial charge in [-0.1, -0.05) is 0 Å². The molecule has 0 aromatic carbocycles. The fourth-order valence-corrected chi connectivity index (χ4v) is 2.56. The first-order valence-electron chi connectivity index (χ1n) is 7.28. The monoisotopic (exact) mass is 292 g/mol. The van der Waals surface area contributed by atoms with Gasteiger partial charge in [0.15, 0.2) is 5.65 Å². The number of aromatic nitrogens is 4. The molecule has 0 unspecified atom stereocenters. The summed E-state index contributed by atoms with van der Waals surface area (Å²) in [6.45, 7) is 1.26. The number of nitrogens with two attached hydrogens (primary N) is 1. The average Bonchev–Trinajstić information content (AvgIpc) is 2.87. The molecule has 0 saturated heterocycles. The summed E-state index contributed by atoms with van der Waals surface area (Å²) in [4.78, 5) is 11.4. The van der Waals surface area contributed by atoms with E-state index in [1.807, 2.05) is 0 Å². The largest absolute Gasteiger partial charge is 0.376 e. The average molecular weight is 292 g/mol. The second-order valence-corrected chi connectivity index (χ2v) is 5.35. The number of aromatic amines is 1. The number of hydrogen-bond donors (Lipinski definition) is 3. The summed E-state index contributed by atoms with van der Waals surface area (Å²) < 4.78 is 7.04. The molecule has 2 aromatic rings. The molecule has 3 rings (SSSR count). The zero-order valence-corrected chi connectivity index (χ0v) is 11.8. The van der Waals surface area contributed by atoms with Crippen LogP contribution in [0.2, 0.25) is 0 Å². The van der Waals surface area contributed by atoms with Crippen LogP contribution in [-0.2, 0) is 4.74 Å². The minimum absolute atomic E-state index is 0.318. The summed E-state index contributed by atoms with van der Waals surface area (Å²) in [5.74, 6) is 0.625. The highest BCUT2D eigenvalue weighted by Gasteiger charge is 2.18. The molecule has 8 nitrogen and oxygen atoms in total. The van der Waals surface area contributed by atoms with Crippen LogP contribution in [0.3, 0.4) is 0 Å². The summed E-state index contributed by atoms with van der Waals surface area (Å²) in [6.07, 6.45) is 4.48. The molecule has 0 bridgehead atoms. The Morgan fingerprint density at radius 2 is 2.19 bits per heavy atom. The first-order valence-corrected chi connectivity index (χ1v) is 7.28. The first-order chi connectivity index (χ1) is 10.2. The van der Waals surface area contributed by atoms with Crippen LogP contribution in [0.5, 0.6) is 0 Å². The van der Waals surface area contributed by atoms with E-state index >= 15 is 0 Å². The van der Waals surface area contributed by atoms with Crippen molar-refractivity contribution in [3.8, 4) is 0 Å². The summed E-state index contributed by atoms with van der Waals surface area (Å²) in [5.41, 5.74) is 6.02. The standard InChI is InChI=1S/C13H20N6O2/c14-9-1-3-10(4-2-9)21-8-7-15-11-5-6-12-16-17-13(20)19(12)18-11/h5-6,9-10H,1-4,7-8,14H2,(H,15,18)(H,17,20). The van der Waals surface area contributed by atoms with E-state index in [1.54, 1.807) is 12.1 Å². The van der Waals surface area contributed by atoms with Gasteiger partial charge in [-0.05, 0) is 37.8 Å². The van der Waals surface area contributed by atoms with Crippen molar-refractivity contribution in [1.82, 2.24) is 19.8 Å². The molecule has 1 aliphatic carbocycles. The lowest BCUT2D eigenvalue weighted by atomic mass is 9.94. The van der Waals surface area contributed by atoms with E-state index in [0.717, 1.165) is 25.7 Å². The lowest BCUT2D eigenvalue weighted by Gasteiger charge is -2.26. The highest BCUT2D eigenvalue weighted by molar-refractivity contribution is 5.42. The van der Waals surface area contributed by atoms with Crippen molar-refractivity contribution in [3.05, 3.63) is 22.6 Å². The zero-order chi connectivity index (χ0) is 14.7. The van der Waals surface area contributed by atoms with E-state index in [9.17, 15) is 4.79 Å². The Labute approximate surface area is 121 Å². The van der Waals surface area contributed by atoms with Gasteiger partial charge in [-0.3, -0.25) is 0 Å². The Bertz CT molecular complexity index is 643. The van der Waals surface area contributed by atoms with Gasteiger partial charge in [-0.2, -0.15) is 9.61 Å². The summed E-state index contributed by atoms with van der Waals surface area (Å²) in [6, 6.07) is 3.86. The van der Waals surface area contributed by atoms with E-state index < -0.39 is 0 Å². The van der Waals surface area contributed by atoms with Crippen LogP contribution in [0.15, 0.2) is 16.9 Å². The maximum Gasteiger partial charge on any atom is 0.364 e. The van der Waals surface area contributed by atoms with Gasteiger partial charge in [-0.15, -0.1) is 5.10 Å². The smallest absolute Gasteiger partial charge is 0.364 e. The molecule has 0 radical (unpaired) electrons. The second-order valence-electron chi connectivity index (χ2n) is 5.35. The quantitative estimate of drug-likeness (QED) is 0.675. The lowest BCUT2D eigenvalue weighted by Crippen LogP contribution is -2.31. The number of nitrogens with zero attached hydrogens (tertiary/aromatic N) is 3. The van der Waals surface area contributed by atoms with Crippen molar-refractivity contribution in [2.24, 2.45) is 5.73 Å². The van der Waals surface area contributed by atoms with Crippen molar-refractivity contribution < 1.29 is 4.74 Å². The van der Waals surface area contributed by atoms with E-state index in [4.69, 9.17) is 10.5 Å². The molecule has 1 saturated carbocycles. The molecule has 0 spiro atoms. The molecule has 0 amide bonds. The maximum absolute atomic E-state index is 11.4. The van der Waals surface area contributed by atoms with E-state index in [-0.39, 0.29) is 5.69 Å². The number of anilines is 1. The molecule has 0 atom stereocenters. The molecule has 21 heavy (non-hydrogen) atoms. The van der Waals surface area contributed by atoms with Crippen LogP contribution in [0.1, 0.15) is 25.7 Å². The van der Waals surface area contributed by atoms with Gasteiger partial charge < -0.3 is 15.8 Å². The lowest BCUT2D eigenvalue weighted by molar-refractivity contribution is 0.0313. The normalized spacial score (nSPS) is 22.5. The highest BCUT2D eigenvalue weighted by atomic mass is 16.5. The van der Waals surface area contributed by atoms with Gasteiger partial charge in [0.1, 0.15) is 5.82 Å². The maximum atomic E-state index is 11.4. The minimum atomic E-state index is -0.344. The molecular formula is C13H20N6O2. The number of hydrogen-bond acceptors (Lipinski definition) is 6. The molecule has 114 valence electrons. The number of H-pyrrole nitrogens is 1. The van der Waals surface area contributed by atoms with Gasteiger partial charge in [0.2, 0.25) is 0 Å². The second kappa shape index (κ2) is 6.23. The molecular weight excluding hydrogens is 272 g/mol. The van der Waals surface area contributed by atoms with Crippen LogP contribution in [0, 0.1) is 0 Å². The molecule has 1 fully saturated rings.